The molecule has 0 spiro atoms. The van der Waals surface area contributed by atoms with Crippen molar-refractivity contribution in [1.29, 1.82) is 0 Å². The fourth-order valence-electron chi connectivity index (χ4n) is 2.46. The zero-order valence-electron chi connectivity index (χ0n) is 12.3. The molecule has 0 aliphatic rings. The average molecular weight is 302 g/mol. The number of aromatic nitrogens is 2. The maximum Gasteiger partial charge on any atom is 0.163 e. The fraction of sp³-hybridized carbons (Fsp3) is 0.312. The van der Waals surface area contributed by atoms with Crippen LogP contribution in [0.3, 0.4) is 0 Å². The van der Waals surface area contributed by atoms with E-state index in [0.29, 0.717) is 11.4 Å². The Morgan fingerprint density at radius 1 is 1.29 bits per heavy atom. The van der Waals surface area contributed by atoms with Crippen molar-refractivity contribution in [3.63, 3.8) is 0 Å². The Labute approximate surface area is 127 Å². The van der Waals surface area contributed by atoms with Gasteiger partial charge in [-0.25, -0.2) is 0 Å². The van der Waals surface area contributed by atoms with Gasteiger partial charge in [0.25, 0.3) is 0 Å². The predicted molar refractivity (Wildman–Crippen MR) is 85.1 cm³/mol. The van der Waals surface area contributed by atoms with Crippen molar-refractivity contribution in [2.45, 2.75) is 26.0 Å². The molecule has 1 N–H and O–H groups in total. The van der Waals surface area contributed by atoms with Crippen LogP contribution in [0, 0.1) is 0 Å². The standard InChI is InChI=1S/C16H18N2O2S/c1-10(2)18-15(12(20-3)9-17-18)16(19)14-8-11-6-4-5-7-13(11)21-14/h4-10,16,19H,1-3H3. The monoisotopic (exact) mass is 302 g/mol. The van der Waals surface area contributed by atoms with Crippen LogP contribution in [0.1, 0.15) is 36.6 Å². The van der Waals surface area contributed by atoms with Crippen LogP contribution < -0.4 is 4.74 Å². The normalized spacial score (nSPS) is 13.0. The molecule has 0 saturated heterocycles. The second kappa shape index (κ2) is 5.50. The Morgan fingerprint density at radius 2 is 2.05 bits per heavy atom. The van der Waals surface area contributed by atoms with Crippen LogP contribution >= 0.6 is 11.3 Å². The van der Waals surface area contributed by atoms with Gasteiger partial charge in [-0.2, -0.15) is 5.10 Å². The molecule has 0 saturated carbocycles. The Bertz CT molecular complexity index is 728. The number of thiophene rings is 1. The van der Waals surface area contributed by atoms with Gasteiger partial charge in [-0.05, 0) is 31.4 Å². The highest BCUT2D eigenvalue weighted by Crippen LogP contribution is 2.37. The Balaban J connectivity index is 2.08. The van der Waals surface area contributed by atoms with Gasteiger partial charge in [0, 0.05) is 15.6 Å². The summed E-state index contributed by atoms with van der Waals surface area (Å²) in [5.74, 6) is 0.619. The number of rotatable bonds is 4. The molecule has 0 amide bonds. The zero-order chi connectivity index (χ0) is 15.0. The summed E-state index contributed by atoms with van der Waals surface area (Å²) in [6.45, 7) is 4.07. The number of benzene rings is 1. The maximum atomic E-state index is 10.8. The lowest BCUT2D eigenvalue weighted by molar-refractivity contribution is 0.203. The molecule has 0 aliphatic heterocycles. The third-order valence-electron chi connectivity index (χ3n) is 3.48. The summed E-state index contributed by atoms with van der Waals surface area (Å²) in [6.07, 6.45) is 0.925. The third-order valence-corrected chi connectivity index (χ3v) is 4.65. The summed E-state index contributed by atoms with van der Waals surface area (Å²) in [5, 5.41) is 16.3. The van der Waals surface area contributed by atoms with E-state index in [2.05, 4.69) is 17.2 Å². The van der Waals surface area contributed by atoms with Crippen molar-refractivity contribution in [2.75, 3.05) is 7.11 Å². The van der Waals surface area contributed by atoms with Gasteiger partial charge in [0.1, 0.15) is 11.8 Å². The van der Waals surface area contributed by atoms with Crippen molar-refractivity contribution in [1.82, 2.24) is 9.78 Å². The lowest BCUT2D eigenvalue weighted by Gasteiger charge is -2.16. The SMILES string of the molecule is COc1cnn(C(C)C)c1C(O)c1cc2ccccc2s1. The fourth-order valence-corrected chi connectivity index (χ4v) is 3.51. The molecule has 2 heterocycles. The number of hydrogen-bond acceptors (Lipinski definition) is 4. The van der Waals surface area contributed by atoms with Gasteiger partial charge in [-0.3, -0.25) is 4.68 Å². The molecule has 21 heavy (non-hydrogen) atoms. The topological polar surface area (TPSA) is 47.3 Å². The van der Waals surface area contributed by atoms with Crippen molar-refractivity contribution in [3.05, 3.63) is 47.1 Å². The van der Waals surface area contributed by atoms with Crippen molar-refractivity contribution in [3.8, 4) is 5.75 Å². The first kappa shape index (κ1) is 14.1. The lowest BCUT2D eigenvalue weighted by atomic mass is 10.1. The van der Waals surface area contributed by atoms with E-state index in [9.17, 15) is 5.11 Å². The highest BCUT2D eigenvalue weighted by atomic mass is 32.1. The summed E-state index contributed by atoms with van der Waals surface area (Å²) in [7, 11) is 1.60. The van der Waals surface area contributed by atoms with Gasteiger partial charge in [0.15, 0.2) is 5.75 Å². The first-order chi connectivity index (χ1) is 10.1. The second-order valence-electron chi connectivity index (χ2n) is 5.23. The van der Waals surface area contributed by atoms with E-state index < -0.39 is 6.10 Å². The average Bonchev–Trinajstić information content (AvgIpc) is 3.09. The molecule has 0 bridgehead atoms. The van der Waals surface area contributed by atoms with Gasteiger partial charge in [0.2, 0.25) is 0 Å². The molecule has 1 aromatic carbocycles. The van der Waals surface area contributed by atoms with E-state index >= 15 is 0 Å². The van der Waals surface area contributed by atoms with E-state index in [-0.39, 0.29) is 6.04 Å². The molecule has 110 valence electrons. The van der Waals surface area contributed by atoms with E-state index in [0.717, 1.165) is 10.3 Å². The Kier molecular flexibility index (Phi) is 3.69. The number of ether oxygens (including phenoxy) is 1. The Hall–Kier alpha value is -1.85. The smallest absolute Gasteiger partial charge is 0.163 e. The van der Waals surface area contributed by atoms with Crippen LogP contribution in [0.15, 0.2) is 36.5 Å². The van der Waals surface area contributed by atoms with Gasteiger partial charge in [-0.1, -0.05) is 18.2 Å². The highest BCUT2D eigenvalue weighted by Gasteiger charge is 2.24. The van der Waals surface area contributed by atoms with Crippen molar-refractivity contribution < 1.29 is 9.84 Å². The van der Waals surface area contributed by atoms with Gasteiger partial charge < -0.3 is 9.84 Å². The molecule has 0 fully saturated rings. The largest absolute Gasteiger partial charge is 0.493 e. The van der Waals surface area contributed by atoms with Crippen molar-refractivity contribution >= 4 is 21.4 Å². The molecular formula is C16H18N2O2S. The van der Waals surface area contributed by atoms with E-state index in [4.69, 9.17) is 4.74 Å². The van der Waals surface area contributed by atoms with E-state index in [1.54, 1.807) is 24.6 Å². The third kappa shape index (κ3) is 2.43. The second-order valence-corrected chi connectivity index (χ2v) is 6.34. The number of fused-ring (bicyclic) bond motifs is 1. The van der Waals surface area contributed by atoms with Crippen LogP contribution in [-0.2, 0) is 0 Å². The maximum absolute atomic E-state index is 10.8. The number of hydrogen-bond donors (Lipinski definition) is 1. The highest BCUT2D eigenvalue weighted by molar-refractivity contribution is 7.19. The van der Waals surface area contributed by atoms with Crippen LogP contribution in [0.5, 0.6) is 5.75 Å². The minimum absolute atomic E-state index is 0.160. The van der Waals surface area contributed by atoms with Crippen LogP contribution in [0.2, 0.25) is 0 Å². The first-order valence-electron chi connectivity index (χ1n) is 6.89. The molecular weight excluding hydrogens is 284 g/mol. The molecule has 1 unspecified atom stereocenters. The summed E-state index contributed by atoms with van der Waals surface area (Å²) >= 11 is 1.60. The molecule has 3 rings (SSSR count). The number of aliphatic hydroxyl groups excluding tert-OH is 1. The van der Waals surface area contributed by atoms with Crippen LogP contribution in [0.4, 0.5) is 0 Å². The minimum Gasteiger partial charge on any atom is -0.493 e. The summed E-state index contributed by atoms with van der Waals surface area (Å²) < 4.78 is 8.34. The lowest BCUT2D eigenvalue weighted by Crippen LogP contribution is -2.12. The molecule has 0 aliphatic carbocycles. The van der Waals surface area contributed by atoms with Crippen molar-refractivity contribution in [2.24, 2.45) is 0 Å². The van der Waals surface area contributed by atoms with Gasteiger partial charge in [0.05, 0.1) is 13.3 Å². The molecule has 4 nitrogen and oxygen atoms in total. The molecule has 3 aromatic rings. The summed E-state index contributed by atoms with van der Waals surface area (Å²) in [5.41, 5.74) is 0.707. The molecule has 1 atom stereocenters. The number of aliphatic hydroxyl groups is 1. The number of nitrogens with zero attached hydrogens (tertiary/aromatic N) is 2. The van der Waals surface area contributed by atoms with E-state index in [1.807, 2.05) is 36.7 Å². The quantitative estimate of drug-likeness (QED) is 0.798. The summed E-state index contributed by atoms with van der Waals surface area (Å²) in [6, 6.07) is 10.3. The molecule has 5 heteroatoms. The van der Waals surface area contributed by atoms with Gasteiger partial charge in [-0.15, -0.1) is 11.3 Å². The molecule has 2 aromatic heterocycles. The van der Waals surface area contributed by atoms with Crippen LogP contribution in [0.25, 0.3) is 10.1 Å². The Morgan fingerprint density at radius 3 is 2.71 bits per heavy atom. The summed E-state index contributed by atoms with van der Waals surface area (Å²) in [4.78, 5) is 0.900. The van der Waals surface area contributed by atoms with Crippen LogP contribution in [-0.4, -0.2) is 22.0 Å². The number of methoxy groups -OCH3 is 1. The molecule has 0 radical (unpaired) electrons. The first-order valence-corrected chi connectivity index (χ1v) is 7.71. The minimum atomic E-state index is -0.734. The zero-order valence-corrected chi connectivity index (χ0v) is 13.1. The predicted octanol–water partition coefficient (Wildman–Crippen LogP) is 3.77. The van der Waals surface area contributed by atoms with E-state index in [1.165, 1.54) is 4.70 Å². The van der Waals surface area contributed by atoms with Gasteiger partial charge >= 0.3 is 0 Å².